The van der Waals surface area contributed by atoms with Gasteiger partial charge in [0.05, 0.1) is 0 Å². The van der Waals surface area contributed by atoms with Crippen molar-refractivity contribution in [1.29, 1.82) is 0 Å². The molecule has 35 valence electrons. The number of carbonyl (C=O) groups excluding carboxylic acids is 1. The third kappa shape index (κ3) is 3930. The fraction of sp³-hybridized carbons (Fsp3) is 0. The average Bonchev–Trinajstić information content (AvgIpc) is 0.811. The second kappa shape index (κ2) is 8.92. The van der Waals surface area contributed by atoms with Crippen molar-refractivity contribution in [1.82, 2.24) is 6.15 Å². The van der Waals surface area contributed by atoms with Crippen LogP contribution in [0, 0.1) is 0 Å². The van der Waals surface area contributed by atoms with Crippen molar-refractivity contribution in [3.63, 3.8) is 0 Å². The van der Waals surface area contributed by atoms with Gasteiger partial charge in [0.25, 0.3) is 0 Å². The number of carbonyl (C=O) groups is 1. The van der Waals surface area contributed by atoms with E-state index in [1.165, 1.54) is 0 Å². The van der Waals surface area contributed by atoms with Gasteiger partial charge in [-0.1, -0.05) is 0 Å². The Bertz CT molecular complexity index is 33.8. The average molecular weight is 257 g/mol. The Morgan fingerprint density at radius 2 is 1.33 bits per heavy atom. The van der Waals surface area contributed by atoms with Crippen LogP contribution in [0.5, 0.6) is 0 Å². The van der Waals surface area contributed by atoms with Gasteiger partial charge in [-0.05, 0) is 6.16 Å². The monoisotopic (exact) mass is 258 g/mol. The maximum Gasteiger partial charge on any atom is 1.00 e. The molecule has 0 fully saturated rings. The summed E-state index contributed by atoms with van der Waals surface area (Å²) in [4.78, 5) is 8.33. The van der Waals surface area contributed by atoms with E-state index in [2.05, 4.69) is 0 Å². The Morgan fingerprint density at radius 3 is 1.33 bits per heavy atom. The molecule has 6 heavy (non-hydrogen) atoms. The summed E-state index contributed by atoms with van der Waals surface area (Å²) in [6, 6.07) is 0. The standard InChI is InChI=1S/CH2O3.Hf.H3N/c2-1(3)4;;/h(H2,2,3,4);;1H3/q;+1;/p-1. The molecule has 0 atom stereocenters. The van der Waals surface area contributed by atoms with Crippen molar-refractivity contribution in [3.8, 4) is 0 Å². The van der Waals surface area contributed by atoms with E-state index in [1.54, 1.807) is 0 Å². The number of quaternary nitrogens is 1. The summed E-state index contributed by atoms with van der Waals surface area (Å²) < 4.78 is 0. The first kappa shape index (κ1) is 16.5. The molecule has 0 unspecified atom stereocenters. The Kier molecular flexibility index (Phi) is 24.5. The van der Waals surface area contributed by atoms with Crippen molar-refractivity contribution in [2.75, 3.05) is 0 Å². The fourth-order valence-corrected chi connectivity index (χ4v) is 0. The van der Waals surface area contributed by atoms with Gasteiger partial charge in [-0.15, -0.1) is 0 Å². The molecule has 4 nitrogen and oxygen atoms in total. The van der Waals surface area contributed by atoms with Crippen molar-refractivity contribution in [3.05, 3.63) is 0 Å². The molecular formula is CH4HfNO3. The molecule has 0 heterocycles. The molecule has 0 aromatic carbocycles. The quantitative estimate of drug-likeness (QED) is 0.504. The molecule has 5 heteroatoms. The molecule has 0 aromatic rings. The fourth-order valence-electron chi connectivity index (χ4n) is 0. The van der Waals surface area contributed by atoms with Crippen LogP contribution in [0.3, 0.4) is 0 Å². The normalized spacial score (nSPS) is 4.00. The second-order valence-electron chi connectivity index (χ2n) is 0.250. The van der Waals surface area contributed by atoms with E-state index in [1.807, 2.05) is 0 Å². The van der Waals surface area contributed by atoms with Gasteiger partial charge in [-0.25, -0.2) is 0 Å². The molecule has 1 radical (unpaired) electrons. The first-order chi connectivity index (χ1) is 1.73. The second-order valence-corrected chi connectivity index (χ2v) is 0.250. The Morgan fingerprint density at radius 1 is 1.33 bits per heavy atom. The molecule has 0 spiro atoms. The van der Waals surface area contributed by atoms with Crippen LogP contribution >= 0.6 is 0 Å². The number of carboxylic acid groups (broad SMARTS) is 2. The topological polar surface area (TPSA) is 99.7 Å². The number of hydrogen-bond acceptors (Lipinski definition) is 3. The maximum absolute atomic E-state index is 8.33. The van der Waals surface area contributed by atoms with Crippen LogP contribution in [0.15, 0.2) is 0 Å². The molecule has 0 aliphatic carbocycles. The molecular weight excluding hydrogens is 253 g/mol. The van der Waals surface area contributed by atoms with E-state index < -0.39 is 6.16 Å². The zero-order valence-electron chi connectivity index (χ0n) is 3.22. The minimum Gasteiger partial charge on any atom is -0.652 e. The van der Waals surface area contributed by atoms with Crippen LogP contribution in [-0.4, -0.2) is 6.16 Å². The van der Waals surface area contributed by atoms with Crippen molar-refractivity contribution in [2.45, 2.75) is 0 Å². The summed E-state index contributed by atoms with van der Waals surface area (Å²) in [5.74, 6) is 0. The van der Waals surface area contributed by atoms with Gasteiger partial charge in [-0.2, -0.15) is 0 Å². The number of hydrogen-bond donors (Lipinski definition) is 1. The number of rotatable bonds is 0. The van der Waals surface area contributed by atoms with Crippen LogP contribution < -0.4 is 16.4 Å². The zero-order valence-corrected chi connectivity index (χ0v) is 6.82. The molecule has 0 rings (SSSR count). The van der Waals surface area contributed by atoms with Crippen LogP contribution in [0.1, 0.15) is 0 Å². The molecule has 0 saturated heterocycles. The molecule has 4 N–H and O–H groups in total. The van der Waals surface area contributed by atoms with Crippen LogP contribution in [0.4, 0.5) is 4.79 Å². The third-order valence-corrected chi connectivity index (χ3v) is 0. The van der Waals surface area contributed by atoms with Gasteiger partial charge < -0.3 is 21.2 Å². The van der Waals surface area contributed by atoms with E-state index in [0.717, 1.165) is 0 Å². The predicted octanol–water partition coefficient (Wildman–Crippen LogP) is -2.07. The van der Waals surface area contributed by atoms with Gasteiger partial charge >= 0.3 is 25.8 Å². The van der Waals surface area contributed by atoms with E-state index in [9.17, 15) is 0 Å². The summed E-state index contributed by atoms with van der Waals surface area (Å²) in [5, 5.41) is 16.7. The van der Waals surface area contributed by atoms with Gasteiger partial charge in [0.1, 0.15) is 0 Å². The largest absolute Gasteiger partial charge is 1.00 e. The molecule has 0 aromatic heterocycles. The molecule has 0 bridgehead atoms. The van der Waals surface area contributed by atoms with E-state index in [-0.39, 0.29) is 32.0 Å². The smallest absolute Gasteiger partial charge is 0.652 e. The first-order valence-corrected chi connectivity index (χ1v) is 0.612. The Balaban J connectivity index is -0.0000000450. The summed E-state index contributed by atoms with van der Waals surface area (Å²) in [7, 11) is 0. The molecule has 0 amide bonds. The molecule has 0 aliphatic rings. The summed E-state index contributed by atoms with van der Waals surface area (Å²) >= 11 is 0. The van der Waals surface area contributed by atoms with Crippen LogP contribution in [0.2, 0.25) is 0 Å². The van der Waals surface area contributed by atoms with Gasteiger partial charge in [0.15, 0.2) is 0 Å². The SMILES string of the molecule is O=C([O-])[O-].[Hf+].[NH4+]. The Labute approximate surface area is 53.5 Å². The van der Waals surface area contributed by atoms with Gasteiger partial charge in [0, 0.05) is 0 Å². The van der Waals surface area contributed by atoms with Gasteiger partial charge in [0.2, 0.25) is 0 Å². The molecule has 0 saturated carbocycles. The van der Waals surface area contributed by atoms with Crippen molar-refractivity contribution >= 4 is 6.16 Å². The van der Waals surface area contributed by atoms with Crippen molar-refractivity contribution in [2.24, 2.45) is 0 Å². The predicted molar refractivity (Wildman–Crippen MR) is 11.4 cm³/mol. The minimum atomic E-state index is -2.33. The zero-order chi connectivity index (χ0) is 3.58. The van der Waals surface area contributed by atoms with Crippen molar-refractivity contribution < 1.29 is 40.9 Å². The van der Waals surface area contributed by atoms with Crippen LogP contribution in [-0.2, 0) is 25.8 Å². The molecule has 0 aliphatic heterocycles. The van der Waals surface area contributed by atoms with Gasteiger partial charge in [-0.3, -0.25) is 0 Å². The summed E-state index contributed by atoms with van der Waals surface area (Å²) in [6.45, 7) is 0. The summed E-state index contributed by atoms with van der Waals surface area (Å²) in [6.07, 6.45) is -2.33. The third-order valence-electron chi connectivity index (χ3n) is 0. The first-order valence-electron chi connectivity index (χ1n) is 0.612. The van der Waals surface area contributed by atoms with E-state index in [4.69, 9.17) is 15.0 Å². The van der Waals surface area contributed by atoms with Crippen LogP contribution in [0.25, 0.3) is 0 Å². The minimum absolute atomic E-state index is 0. The summed E-state index contributed by atoms with van der Waals surface area (Å²) in [5.41, 5.74) is 0. The van der Waals surface area contributed by atoms with E-state index >= 15 is 0 Å². The maximum atomic E-state index is 8.33. The Hall–Kier alpha value is 0.100. The van der Waals surface area contributed by atoms with E-state index in [0.29, 0.717) is 0 Å².